The number of aliphatic imine (C=N–C) groups is 1. The predicted octanol–water partition coefficient (Wildman–Crippen LogP) is 4.33. The Morgan fingerprint density at radius 1 is 1.21 bits per heavy atom. The summed E-state index contributed by atoms with van der Waals surface area (Å²) in [6.07, 6.45) is 5.10. The minimum Gasteiger partial charge on any atom is -0.496 e. The largest absolute Gasteiger partial charge is 0.496 e. The number of hydrogen-bond donors (Lipinski definition) is 1. The number of nitrogens with zero attached hydrogens (tertiary/aromatic N) is 2. The van der Waals surface area contributed by atoms with Crippen molar-refractivity contribution in [3.8, 4) is 16.9 Å². The van der Waals surface area contributed by atoms with Crippen molar-refractivity contribution < 1.29 is 4.74 Å². The average molecular weight is 408 g/mol. The van der Waals surface area contributed by atoms with Crippen LogP contribution in [-0.4, -0.2) is 30.7 Å². The first kappa shape index (κ1) is 20.7. The Bertz CT molecular complexity index is 1160. The van der Waals surface area contributed by atoms with Crippen molar-refractivity contribution in [1.82, 2.24) is 4.57 Å². The van der Waals surface area contributed by atoms with Gasteiger partial charge in [0.15, 0.2) is 0 Å². The van der Waals surface area contributed by atoms with Gasteiger partial charge in [-0.1, -0.05) is 13.0 Å². The number of thioether (sulfide) groups is 1. The van der Waals surface area contributed by atoms with Crippen LogP contribution in [0.1, 0.15) is 12.5 Å². The number of nitrogens with two attached hydrogens (primary N) is 1. The van der Waals surface area contributed by atoms with Crippen LogP contribution in [0.5, 0.6) is 5.75 Å². The fourth-order valence-corrected chi connectivity index (χ4v) is 4.07. The molecule has 1 heterocycles. The average Bonchev–Trinajstić information content (AvgIpc) is 2.74. The molecule has 0 aliphatic heterocycles. The van der Waals surface area contributed by atoms with E-state index in [0.29, 0.717) is 5.39 Å². The third-order valence-corrected chi connectivity index (χ3v) is 5.61. The van der Waals surface area contributed by atoms with E-state index in [1.807, 2.05) is 30.5 Å². The number of aryl methyl sites for hydroxylation is 1. The van der Waals surface area contributed by atoms with E-state index in [9.17, 15) is 4.79 Å². The van der Waals surface area contributed by atoms with Crippen molar-refractivity contribution in [2.24, 2.45) is 17.8 Å². The molecule has 0 fully saturated rings. The minimum atomic E-state index is -0.0456. The van der Waals surface area contributed by atoms with Gasteiger partial charge in [0.25, 0.3) is 5.56 Å². The van der Waals surface area contributed by atoms with Crippen molar-refractivity contribution in [3.05, 3.63) is 64.7 Å². The molecule has 3 aromatic rings. The molecule has 6 heteroatoms. The molecule has 5 nitrogen and oxygen atoms in total. The van der Waals surface area contributed by atoms with Crippen LogP contribution in [0.15, 0.2) is 63.5 Å². The van der Waals surface area contributed by atoms with E-state index < -0.39 is 0 Å². The molecule has 2 N–H and O–H groups in total. The fraction of sp³-hybridized carbons (Fsp3) is 0.217. The Balaban J connectivity index is 2.37. The van der Waals surface area contributed by atoms with Gasteiger partial charge in [0, 0.05) is 59.7 Å². The van der Waals surface area contributed by atoms with Gasteiger partial charge in [0.1, 0.15) is 5.75 Å². The predicted molar refractivity (Wildman–Crippen MR) is 124 cm³/mol. The molecule has 0 spiro atoms. The summed E-state index contributed by atoms with van der Waals surface area (Å²) in [4.78, 5) is 18.0. The first-order valence-corrected chi connectivity index (χ1v) is 10.3. The Morgan fingerprint density at radius 3 is 2.66 bits per heavy atom. The van der Waals surface area contributed by atoms with Crippen LogP contribution >= 0.6 is 11.8 Å². The quantitative estimate of drug-likeness (QED) is 0.488. The number of hydrogen-bond acceptors (Lipinski definition) is 5. The molecule has 0 radical (unpaired) electrons. The normalized spacial score (nSPS) is 12.1. The Morgan fingerprint density at radius 2 is 2.00 bits per heavy atom. The SMILES string of the molecule is CCSc1ccc(OC)c(-c2cn(C)c(=O)c3ccc(C(C=NC)=CN)cc23)c1. The standard InChI is InChI=1S/C23H25N3O2S/c1-5-29-17-7-9-22(28-4)20(11-17)21-14-26(3)23(27)18-8-6-15(10-19(18)21)16(12-24)13-25-2/h6-14H,5,24H2,1-4H3. The Hall–Kier alpha value is -2.99. The zero-order valence-corrected chi connectivity index (χ0v) is 17.9. The molecular formula is C23H25N3O2S. The first-order chi connectivity index (χ1) is 14.0. The molecule has 0 aliphatic carbocycles. The second-order valence-corrected chi connectivity index (χ2v) is 7.86. The number of ether oxygens (including phenoxy) is 1. The van der Waals surface area contributed by atoms with Crippen LogP contribution in [0.3, 0.4) is 0 Å². The van der Waals surface area contributed by atoms with E-state index in [2.05, 4.69) is 24.0 Å². The van der Waals surface area contributed by atoms with Crippen LogP contribution in [0.25, 0.3) is 27.5 Å². The van der Waals surface area contributed by atoms with Gasteiger partial charge in [-0.05, 0) is 47.0 Å². The highest BCUT2D eigenvalue weighted by atomic mass is 32.2. The van der Waals surface area contributed by atoms with Gasteiger partial charge < -0.3 is 15.0 Å². The fourth-order valence-electron chi connectivity index (χ4n) is 3.37. The summed E-state index contributed by atoms with van der Waals surface area (Å²) in [6, 6.07) is 11.9. The Kier molecular flexibility index (Phi) is 6.44. The van der Waals surface area contributed by atoms with E-state index in [4.69, 9.17) is 10.5 Å². The molecule has 0 unspecified atom stereocenters. The number of fused-ring (bicyclic) bond motifs is 1. The van der Waals surface area contributed by atoms with Crippen LogP contribution < -0.4 is 16.0 Å². The zero-order valence-electron chi connectivity index (χ0n) is 17.1. The van der Waals surface area contributed by atoms with Gasteiger partial charge in [0.2, 0.25) is 0 Å². The summed E-state index contributed by atoms with van der Waals surface area (Å²) in [7, 11) is 5.13. The van der Waals surface area contributed by atoms with Gasteiger partial charge in [-0.25, -0.2) is 0 Å². The van der Waals surface area contributed by atoms with Crippen LogP contribution in [-0.2, 0) is 7.05 Å². The first-order valence-electron chi connectivity index (χ1n) is 9.33. The molecule has 0 amide bonds. The molecule has 0 saturated heterocycles. The Labute approximate surface area is 174 Å². The molecule has 0 atom stereocenters. The summed E-state index contributed by atoms with van der Waals surface area (Å²) >= 11 is 1.77. The lowest BCUT2D eigenvalue weighted by Crippen LogP contribution is -2.16. The summed E-state index contributed by atoms with van der Waals surface area (Å²) in [6.45, 7) is 2.12. The monoisotopic (exact) mass is 407 g/mol. The summed E-state index contributed by atoms with van der Waals surface area (Å²) in [5.41, 5.74) is 9.33. The van der Waals surface area contributed by atoms with Crippen molar-refractivity contribution in [3.63, 3.8) is 0 Å². The van der Waals surface area contributed by atoms with Gasteiger partial charge in [0.05, 0.1) is 7.11 Å². The highest BCUT2D eigenvalue weighted by molar-refractivity contribution is 7.99. The highest BCUT2D eigenvalue weighted by Gasteiger charge is 2.15. The number of benzene rings is 2. The smallest absolute Gasteiger partial charge is 0.258 e. The molecular weight excluding hydrogens is 382 g/mol. The lowest BCUT2D eigenvalue weighted by Gasteiger charge is -2.15. The number of rotatable bonds is 6. The van der Waals surface area contributed by atoms with Crippen molar-refractivity contribution >= 4 is 34.3 Å². The summed E-state index contributed by atoms with van der Waals surface area (Å²) in [5.74, 6) is 1.74. The second kappa shape index (κ2) is 9.01. The van der Waals surface area contributed by atoms with Gasteiger partial charge in [-0.3, -0.25) is 9.79 Å². The van der Waals surface area contributed by atoms with E-state index in [0.717, 1.165) is 44.0 Å². The maximum atomic E-state index is 12.8. The van der Waals surface area contributed by atoms with Gasteiger partial charge >= 0.3 is 0 Å². The van der Waals surface area contributed by atoms with Crippen LogP contribution in [0.2, 0.25) is 0 Å². The minimum absolute atomic E-state index is 0.0456. The number of aromatic nitrogens is 1. The number of methoxy groups -OCH3 is 1. The maximum Gasteiger partial charge on any atom is 0.258 e. The number of allylic oxidation sites excluding steroid dienone is 1. The van der Waals surface area contributed by atoms with Crippen LogP contribution in [0, 0.1) is 0 Å². The summed E-state index contributed by atoms with van der Waals surface area (Å²) in [5, 5.41) is 1.50. The topological polar surface area (TPSA) is 69.6 Å². The molecule has 0 bridgehead atoms. The highest BCUT2D eigenvalue weighted by Crippen LogP contribution is 2.37. The van der Waals surface area contributed by atoms with Gasteiger partial charge in [-0.2, -0.15) is 0 Å². The summed E-state index contributed by atoms with van der Waals surface area (Å²) < 4.78 is 7.25. The van der Waals surface area contributed by atoms with Gasteiger partial charge in [-0.15, -0.1) is 11.8 Å². The molecule has 0 saturated carbocycles. The van der Waals surface area contributed by atoms with E-state index in [1.165, 1.54) is 6.20 Å². The van der Waals surface area contributed by atoms with E-state index in [1.54, 1.807) is 43.7 Å². The third kappa shape index (κ3) is 4.07. The van der Waals surface area contributed by atoms with Crippen molar-refractivity contribution in [1.29, 1.82) is 0 Å². The maximum absolute atomic E-state index is 12.8. The molecule has 150 valence electrons. The molecule has 29 heavy (non-hydrogen) atoms. The lowest BCUT2D eigenvalue weighted by molar-refractivity contribution is 0.416. The third-order valence-electron chi connectivity index (χ3n) is 4.74. The van der Waals surface area contributed by atoms with E-state index in [-0.39, 0.29) is 5.56 Å². The molecule has 1 aromatic heterocycles. The molecule has 0 aliphatic rings. The van der Waals surface area contributed by atoms with Crippen molar-refractivity contribution in [2.75, 3.05) is 19.9 Å². The zero-order chi connectivity index (χ0) is 21.0. The molecule has 3 rings (SSSR count). The lowest BCUT2D eigenvalue weighted by atomic mass is 9.96. The van der Waals surface area contributed by atoms with Crippen LogP contribution in [0.4, 0.5) is 0 Å². The molecule has 2 aromatic carbocycles. The van der Waals surface area contributed by atoms with Crippen molar-refractivity contribution in [2.45, 2.75) is 11.8 Å². The second-order valence-electron chi connectivity index (χ2n) is 6.52. The van der Waals surface area contributed by atoms with E-state index >= 15 is 0 Å². The number of pyridine rings is 1.